The first-order valence-corrected chi connectivity index (χ1v) is 8.01. The van der Waals surface area contributed by atoms with E-state index in [0.29, 0.717) is 0 Å². The maximum atomic E-state index is 10.2. The highest BCUT2D eigenvalue weighted by molar-refractivity contribution is 9.10. The van der Waals surface area contributed by atoms with Gasteiger partial charge in [0.05, 0.1) is 6.10 Å². The van der Waals surface area contributed by atoms with Crippen LogP contribution in [0.4, 0.5) is 0 Å². The monoisotopic (exact) mass is 347 g/mol. The summed E-state index contributed by atoms with van der Waals surface area (Å²) >= 11 is 3.45. The maximum Gasteiger partial charge on any atom is 0.0802 e. The Morgan fingerprint density at radius 1 is 1.05 bits per heavy atom. The standard InChI is InChI=1S/C18H22BrNO/c1-14-3-7-16(8-4-14)18(21)11-12-20(2)13-15-5-9-17(19)10-6-15/h3-10,18,21H,11-13H2,1-2H3. The van der Waals surface area contributed by atoms with Gasteiger partial charge in [0, 0.05) is 17.6 Å². The van der Waals surface area contributed by atoms with Gasteiger partial charge in [-0.15, -0.1) is 0 Å². The lowest BCUT2D eigenvalue weighted by Gasteiger charge is -2.19. The maximum absolute atomic E-state index is 10.2. The number of hydrogen-bond donors (Lipinski definition) is 1. The molecule has 0 aromatic heterocycles. The average Bonchev–Trinajstić information content (AvgIpc) is 2.48. The van der Waals surface area contributed by atoms with Crippen molar-refractivity contribution in [2.24, 2.45) is 0 Å². The van der Waals surface area contributed by atoms with Gasteiger partial charge < -0.3 is 10.0 Å². The van der Waals surface area contributed by atoms with Crippen molar-refractivity contribution in [3.05, 3.63) is 69.7 Å². The largest absolute Gasteiger partial charge is 0.388 e. The van der Waals surface area contributed by atoms with Gasteiger partial charge in [0.15, 0.2) is 0 Å². The van der Waals surface area contributed by atoms with Crippen molar-refractivity contribution in [3.8, 4) is 0 Å². The molecule has 1 N–H and O–H groups in total. The fourth-order valence-electron chi connectivity index (χ4n) is 2.28. The number of benzene rings is 2. The molecular formula is C18H22BrNO. The van der Waals surface area contributed by atoms with E-state index in [2.05, 4.69) is 59.1 Å². The van der Waals surface area contributed by atoms with Crippen molar-refractivity contribution in [1.82, 2.24) is 4.90 Å². The van der Waals surface area contributed by atoms with Gasteiger partial charge in [-0.05, 0) is 43.7 Å². The van der Waals surface area contributed by atoms with Crippen molar-refractivity contribution in [1.29, 1.82) is 0 Å². The number of aliphatic hydroxyl groups excluding tert-OH is 1. The van der Waals surface area contributed by atoms with E-state index < -0.39 is 6.10 Å². The van der Waals surface area contributed by atoms with Gasteiger partial charge in [-0.25, -0.2) is 0 Å². The van der Waals surface area contributed by atoms with Crippen molar-refractivity contribution in [2.75, 3.05) is 13.6 Å². The van der Waals surface area contributed by atoms with Crippen LogP contribution >= 0.6 is 15.9 Å². The molecule has 0 heterocycles. The van der Waals surface area contributed by atoms with E-state index in [1.165, 1.54) is 11.1 Å². The van der Waals surface area contributed by atoms with Crippen molar-refractivity contribution in [2.45, 2.75) is 26.0 Å². The highest BCUT2D eigenvalue weighted by atomic mass is 79.9. The summed E-state index contributed by atoms with van der Waals surface area (Å²) in [5.74, 6) is 0. The van der Waals surface area contributed by atoms with Crippen LogP contribution in [0.3, 0.4) is 0 Å². The Morgan fingerprint density at radius 3 is 2.29 bits per heavy atom. The third-order valence-corrected chi connectivity index (χ3v) is 4.14. The molecule has 0 aliphatic carbocycles. The molecule has 0 fully saturated rings. The molecule has 0 aliphatic rings. The zero-order valence-electron chi connectivity index (χ0n) is 12.6. The van der Waals surface area contributed by atoms with Gasteiger partial charge in [0.2, 0.25) is 0 Å². The third kappa shape index (κ3) is 5.27. The Labute approximate surface area is 135 Å². The fourth-order valence-corrected chi connectivity index (χ4v) is 2.54. The molecule has 21 heavy (non-hydrogen) atoms. The molecule has 0 spiro atoms. The van der Waals surface area contributed by atoms with Crippen molar-refractivity contribution >= 4 is 15.9 Å². The van der Waals surface area contributed by atoms with E-state index in [-0.39, 0.29) is 0 Å². The zero-order valence-corrected chi connectivity index (χ0v) is 14.2. The van der Waals surface area contributed by atoms with Crippen LogP contribution < -0.4 is 0 Å². The number of hydrogen-bond acceptors (Lipinski definition) is 2. The van der Waals surface area contributed by atoms with Gasteiger partial charge in [0.25, 0.3) is 0 Å². The molecular weight excluding hydrogens is 326 g/mol. The number of rotatable bonds is 6. The van der Waals surface area contributed by atoms with E-state index in [9.17, 15) is 5.11 Å². The SMILES string of the molecule is Cc1ccc(C(O)CCN(C)Cc2ccc(Br)cc2)cc1. The normalized spacial score (nSPS) is 12.6. The molecule has 0 radical (unpaired) electrons. The minimum Gasteiger partial charge on any atom is -0.388 e. The topological polar surface area (TPSA) is 23.5 Å². The Bertz CT molecular complexity index is 550. The molecule has 0 bridgehead atoms. The second kappa shape index (κ2) is 7.74. The van der Waals surface area contributed by atoms with Crippen molar-refractivity contribution in [3.63, 3.8) is 0 Å². The van der Waals surface area contributed by atoms with Crippen LogP contribution in [0.15, 0.2) is 53.0 Å². The average molecular weight is 348 g/mol. The Morgan fingerprint density at radius 2 is 1.67 bits per heavy atom. The molecule has 2 nitrogen and oxygen atoms in total. The molecule has 112 valence electrons. The first-order chi connectivity index (χ1) is 10.0. The van der Waals surface area contributed by atoms with Crippen LogP contribution in [-0.4, -0.2) is 23.6 Å². The molecule has 2 rings (SSSR count). The molecule has 0 saturated heterocycles. The van der Waals surface area contributed by atoms with Crippen LogP contribution in [0.25, 0.3) is 0 Å². The molecule has 3 heteroatoms. The van der Waals surface area contributed by atoms with Gasteiger partial charge in [-0.3, -0.25) is 0 Å². The number of aryl methyl sites for hydroxylation is 1. The summed E-state index contributed by atoms with van der Waals surface area (Å²) in [4.78, 5) is 2.24. The van der Waals surface area contributed by atoms with E-state index in [1.807, 2.05) is 24.3 Å². The predicted octanol–water partition coefficient (Wildman–Crippen LogP) is 4.31. The Balaban J connectivity index is 1.81. The Kier molecular flexibility index (Phi) is 5.97. The predicted molar refractivity (Wildman–Crippen MR) is 91.2 cm³/mol. The van der Waals surface area contributed by atoms with Gasteiger partial charge in [-0.1, -0.05) is 57.9 Å². The number of nitrogens with zero attached hydrogens (tertiary/aromatic N) is 1. The fraction of sp³-hybridized carbons (Fsp3) is 0.333. The van der Waals surface area contributed by atoms with E-state index in [0.717, 1.165) is 29.5 Å². The van der Waals surface area contributed by atoms with Crippen LogP contribution in [0, 0.1) is 6.92 Å². The highest BCUT2D eigenvalue weighted by Gasteiger charge is 2.09. The summed E-state index contributed by atoms with van der Waals surface area (Å²) in [5, 5.41) is 10.2. The van der Waals surface area contributed by atoms with E-state index in [4.69, 9.17) is 0 Å². The molecule has 2 aromatic rings. The van der Waals surface area contributed by atoms with E-state index >= 15 is 0 Å². The van der Waals surface area contributed by atoms with Gasteiger partial charge in [0.1, 0.15) is 0 Å². The lowest BCUT2D eigenvalue weighted by atomic mass is 10.0. The molecule has 0 amide bonds. The van der Waals surface area contributed by atoms with Crippen LogP contribution in [0.5, 0.6) is 0 Å². The Hall–Kier alpha value is -1.16. The second-order valence-electron chi connectivity index (χ2n) is 5.58. The summed E-state index contributed by atoms with van der Waals surface area (Å²) in [6.45, 7) is 3.82. The van der Waals surface area contributed by atoms with E-state index in [1.54, 1.807) is 0 Å². The highest BCUT2D eigenvalue weighted by Crippen LogP contribution is 2.18. The molecule has 0 aliphatic heterocycles. The quantitative estimate of drug-likeness (QED) is 0.841. The smallest absolute Gasteiger partial charge is 0.0802 e. The lowest BCUT2D eigenvalue weighted by molar-refractivity contribution is 0.147. The van der Waals surface area contributed by atoms with Crippen LogP contribution in [0.2, 0.25) is 0 Å². The summed E-state index contributed by atoms with van der Waals surface area (Å²) in [6, 6.07) is 16.5. The zero-order chi connectivity index (χ0) is 15.2. The number of aliphatic hydroxyl groups is 1. The molecule has 1 unspecified atom stereocenters. The van der Waals surface area contributed by atoms with Crippen LogP contribution in [-0.2, 0) is 6.54 Å². The minimum atomic E-state index is -0.391. The van der Waals surface area contributed by atoms with Gasteiger partial charge in [-0.2, -0.15) is 0 Å². The summed E-state index contributed by atoms with van der Waals surface area (Å²) < 4.78 is 1.10. The molecule has 1 atom stereocenters. The molecule has 2 aromatic carbocycles. The van der Waals surface area contributed by atoms with Gasteiger partial charge >= 0.3 is 0 Å². The minimum absolute atomic E-state index is 0.391. The van der Waals surface area contributed by atoms with Crippen LogP contribution in [0.1, 0.15) is 29.2 Å². The summed E-state index contributed by atoms with van der Waals surface area (Å²) in [7, 11) is 2.09. The first kappa shape index (κ1) is 16.2. The summed E-state index contributed by atoms with van der Waals surface area (Å²) in [5.41, 5.74) is 3.50. The van der Waals surface area contributed by atoms with Crippen molar-refractivity contribution < 1.29 is 5.11 Å². The summed E-state index contributed by atoms with van der Waals surface area (Å²) in [6.07, 6.45) is 0.355. The third-order valence-electron chi connectivity index (χ3n) is 3.61. The second-order valence-corrected chi connectivity index (χ2v) is 6.50. The first-order valence-electron chi connectivity index (χ1n) is 7.22. The lowest BCUT2D eigenvalue weighted by Crippen LogP contribution is -2.20. The molecule has 0 saturated carbocycles. The number of halogens is 1.